The summed E-state index contributed by atoms with van der Waals surface area (Å²) in [5.41, 5.74) is 0.542. The third-order valence-corrected chi connectivity index (χ3v) is 1.91. The van der Waals surface area contributed by atoms with Crippen LogP contribution in [0.15, 0.2) is 18.2 Å². The first-order valence-electron chi connectivity index (χ1n) is 4.20. The maximum Gasteiger partial charge on any atom is 0.344 e. The van der Waals surface area contributed by atoms with E-state index in [0.717, 1.165) is 0 Å². The fourth-order valence-corrected chi connectivity index (χ4v) is 0.971. The van der Waals surface area contributed by atoms with Gasteiger partial charge in [0.25, 0.3) is 0 Å². The molecule has 0 saturated carbocycles. The molecule has 1 unspecified atom stereocenters. The van der Waals surface area contributed by atoms with E-state index in [1.807, 2.05) is 0 Å². The number of hydrogen-bond donors (Lipinski definition) is 2. The second-order valence-electron chi connectivity index (χ2n) is 3.00. The maximum atomic E-state index is 10.5. The zero-order valence-electron chi connectivity index (χ0n) is 8.02. The van der Waals surface area contributed by atoms with Gasteiger partial charge in [-0.3, -0.25) is 0 Å². The topological polar surface area (TPSA) is 66.8 Å². The first-order chi connectivity index (χ1) is 6.52. The zero-order valence-corrected chi connectivity index (χ0v) is 8.02. The first kappa shape index (κ1) is 10.4. The molecule has 0 heterocycles. The second-order valence-corrected chi connectivity index (χ2v) is 3.00. The van der Waals surface area contributed by atoms with Crippen molar-refractivity contribution in [3.63, 3.8) is 0 Å². The van der Waals surface area contributed by atoms with Crippen molar-refractivity contribution in [1.29, 1.82) is 0 Å². The van der Waals surface area contributed by atoms with Gasteiger partial charge < -0.3 is 14.9 Å². The fraction of sp³-hybridized carbons (Fsp3) is 0.300. The number of rotatable bonds is 3. The van der Waals surface area contributed by atoms with Gasteiger partial charge in [0.05, 0.1) is 0 Å². The number of aliphatic carboxylic acids is 1. The van der Waals surface area contributed by atoms with E-state index in [1.165, 1.54) is 13.0 Å². The van der Waals surface area contributed by atoms with E-state index < -0.39 is 12.1 Å². The van der Waals surface area contributed by atoms with Crippen LogP contribution in [0, 0.1) is 6.92 Å². The summed E-state index contributed by atoms with van der Waals surface area (Å²) in [6, 6.07) is 4.74. The molecule has 1 aromatic rings. The lowest BCUT2D eigenvalue weighted by atomic mass is 10.2. The number of aromatic hydroxyl groups is 1. The lowest BCUT2D eigenvalue weighted by Crippen LogP contribution is -2.23. The van der Waals surface area contributed by atoms with Crippen molar-refractivity contribution in [2.24, 2.45) is 0 Å². The van der Waals surface area contributed by atoms with Gasteiger partial charge in [-0.05, 0) is 26.0 Å². The number of hydrogen-bond acceptors (Lipinski definition) is 3. The summed E-state index contributed by atoms with van der Waals surface area (Å²) < 4.78 is 5.13. The van der Waals surface area contributed by atoms with Crippen LogP contribution in [0.3, 0.4) is 0 Å². The van der Waals surface area contributed by atoms with Crippen molar-refractivity contribution >= 4 is 5.97 Å². The van der Waals surface area contributed by atoms with E-state index in [-0.39, 0.29) is 5.75 Å². The Hall–Kier alpha value is -1.71. The van der Waals surface area contributed by atoms with Crippen LogP contribution >= 0.6 is 0 Å². The average molecular weight is 196 g/mol. The quantitative estimate of drug-likeness (QED) is 0.769. The number of benzene rings is 1. The molecular weight excluding hydrogens is 184 g/mol. The number of carboxylic acids is 1. The van der Waals surface area contributed by atoms with Crippen LogP contribution in [0.2, 0.25) is 0 Å². The van der Waals surface area contributed by atoms with Crippen LogP contribution in [-0.4, -0.2) is 22.3 Å². The predicted molar refractivity (Wildman–Crippen MR) is 50.6 cm³/mol. The number of phenolic OH excluding ortho intramolecular Hbond substituents is 1. The standard InChI is InChI=1S/C10H12O4/c1-6-8(11)4-3-5-9(6)14-7(2)10(12)13/h3-5,7,11H,1-2H3,(H,12,13). The average Bonchev–Trinajstić information content (AvgIpc) is 2.12. The smallest absolute Gasteiger partial charge is 0.344 e. The summed E-state index contributed by atoms with van der Waals surface area (Å²) in [7, 11) is 0. The third-order valence-electron chi connectivity index (χ3n) is 1.91. The molecule has 0 aliphatic carbocycles. The van der Waals surface area contributed by atoms with E-state index in [4.69, 9.17) is 9.84 Å². The summed E-state index contributed by atoms with van der Waals surface area (Å²) in [4.78, 5) is 10.5. The molecule has 0 radical (unpaired) electrons. The van der Waals surface area contributed by atoms with Crippen molar-refractivity contribution in [3.8, 4) is 11.5 Å². The number of carbonyl (C=O) groups is 1. The van der Waals surface area contributed by atoms with E-state index in [1.54, 1.807) is 19.1 Å². The Labute approximate surface area is 81.8 Å². The van der Waals surface area contributed by atoms with Crippen molar-refractivity contribution in [3.05, 3.63) is 23.8 Å². The Morgan fingerprint density at radius 2 is 2.14 bits per heavy atom. The molecule has 4 heteroatoms. The minimum Gasteiger partial charge on any atom is -0.508 e. The predicted octanol–water partition coefficient (Wildman–Crippen LogP) is 1.55. The molecule has 1 atom stereocenters. The van der Waals surface area contributed by atoms with Gasteiger partial charge in [-0.1, -0.05) is 6.07 Å². The number of phenols is 1. The highest BCUT2D eigenvalue weighted by Gasteiger charge is 2.14. The molecule has 4 nitrogen and oxygen atoms in total. The van der Waals surface area contributed by atoms with E-state index in [9.17, 15) is 9.90 Å². The summed E-state index contributed by atoms with van der Waals surface area (Å²) in [5, 5.41) is 17.9. The number of ether oxygens (including phenoxy) is 1. The summed E-state index contributed by atoms with van der Waals surface area (Å²) >= 11 is 0. The van der Waals surface area contributed by atoms with E-state index in [2.05, 4.69) is 0 Å². The van der Waals surface area contributed by atoms with Crippen LogP contribution in [0.1, 0.15) is 12.5 Å². The normalized spacial score (nSPS) is 12.1. The van der Waals surface area contributed by atoms with Crippen LogP contribution in [0.4, 0.5) is 0 Å². The molecule has 0 saturated heterocycles. The molecule has 0 aromatic heterocycles. The monoisotopic (exact) mass is 196 g/mol. The van der Waals surface area contributed by atoms with Gasteiger partial charge in [0.2, 0.25) is 0 Å². The van der Waals surface area contributed by atoms with Crippen molar-refractivity contribution in [1.82, 2.24) is 0 Å². The first-order valence-corrected chi connectivity index (χ1v) is 4.20. The molecule has 0 amide bonds. The Balaban J connectivity index is 2.87. The summed E-state index contributed by atoms with van der Waals surface area (Å²) in [6.07, 6.45) is -0.921. The highest BCUT2D eigenvalue weighted by Crippen LogP contribution is 2.26. The Morgan fingerprint density at radius 3 is 2.71 bits per heavy atom. The van der Waals surface area contributed by atoms with E-state index in [0.29, 0.717) is 11.3 Å². The minimum atomic E-state index is -1.03. The van der Waals surface area contributed by atoms with Gasteiger partial charge in [-0.25, -0.2) is 4.79 Å². The molecule has 1 aromatic carbocycles. The van der Waals surface area contributed by atoms with Gasteiger partial charge in [0.15, 0.2) is 6.10 Å². The van der Waals surface area contributed by atoms with Crippen LogP contribution in [0.25, 0.3) is 0 Å². The zero-order chi connectivity index (χ0) is 10.7. The molecule has 0 spiro atoms. The largest absolute Gasteiger partial charge is 0.508 e. The lowest BCUT2D eigenvalue weighted by Gasteiger charge is -2.12. The van der Waals surface area contributed by atoms with Crippen LogP contribution in [0.5, 0.6) is 11.5 Å². The number of carboxylic acid groups (broad SMARTS) is 1. The second kappa shape index (κ2) is 4.00. The van der Waals surface area contributed by atoms with Crippen LogP contribution in [-0.2, 0) is 4.79 Å². The SMILES string of the molecule is Cc1c(O)cccc1OC(C)C(=O)O. The Kier molecular flexibility index (Phi) is 2.96. The van der Waals surface area contributed by atoms with Crippen LogP contribution < -0.4 is 4.74 Å². The van der Waals surface area contributed by atoms with Crippen molar-refractivity contribution < 1.29 is 19.7 Å². The lowest BCUT2D eigenvalue weighted by molar-refractivity contribution is -0.144. The van der Waals surface area contributed by atoms with E-state index >= 15 is 0 Å². The molecule has 76 valence electrons. The summed E-state index contributed by atoms with van der Waals surface area (Å²) in [5.74, 6) is -0.548. The fourth-order valence-electron chi connectivity index (χ4n) is 0.971. The molecule has 1 rings (SSSR count). The van der Waals surface area contributed by atoms with Gasteiger partial charge in [0.1, 0.15) is 11.5 Å². The molecule has 0 bridgehead atoms. The Morgan fingerprint density at radius 1 is 1.50 bits per heavy atom. The Bertz CT molecular complexity index is 346. The molecule has 0 aliphatic rings. The molecular formula is C10H12O4. The molecule has 2 N–H and O–H groups in total. The minimum absolute atomic E-state index is 0.0973. The maximum absolute atomic E-state index is 10.5. The third kappa shape index (κ3) is 2.16. The van der Waals surface area contributed by atoms with Gasteiger partial charge in [-0.15, -0.1) is 0 Å². The van der Waals surface area contributed by atoms with Crippen molar-refractivity contribution in [2.45, 2.75) is 20.0 Å². The van der Waals surface area contributed by atoms with Gasteiger partial charge in [0, 0.05) is 5.56 Å². The van der Waals surface area contributed by atoms with Gasteiger partial charge in [-0.2, -0.15) is 0 Å². The van der Waals surface area contributed by atoms with Crippen molar-refractivity contribution in [2.75, 3.05) is 0 Å². The van der Waals surface area contributed by atoms with Gasteiger partial charge >= 0.3 is 5.97 Å². The highest BCUT2D eigenvalue weighted by atomic mass is 16.5. The molecule has 0 fully saturated rings. The molecule has 0 aliphatic heterocycles. The highest BCUT2D eigenvalue weighted by molar-refractivity contribution is 5.72. The molecule has 14 heavy (non-hydrogen) atoms. The summed E-state index contributed by atoms with van der Waals surface area (Å²) in [6.45, 7) is 3.10.